The molecule has 1 heterocycles. The van der Waals surface area contributed by atoms with Gasteiger partial charge < -0.3 is 5.32 Å². The third kappa shape index (κ3) is 4.42. The van der Waals surface area contributed by atoms with Gasteiger partial charge in [0, 0.05) is 17.6 Å². The Balaban J connectivity index is 0.00000220. The maximum Gasteiger partial charge on any atom is 0.244 e. The van der Waals surface area contributed by atoms with Gasteiger partial charge in [-0.05, 0) is 72.9 Å². The lowest BCUT2D eigenvalue weighted by Gasteiger charge is -2.32. The van der Waals surface area contributed by atoms with E-state index in [1.165, 1.54) is 0 Å². The van der Waals surface area contributed by atoms with Crippen LogP contribution in [0.4, 0.5) is 0 Å². The molecule has 120 valence electrons. The second-order valence-corrected chi connectivity index (χ2v) is 8.12. The van der Waals surface area contributed by atoms with Crippen LogP contribution in [0.2, 0.25) is 0 Å². The van der Waals surface area contributed by atoms with Gasteiger partial charge in [0.05, 0.1) is 4.90 Å². The summed E-state index contributed by atoms with van der Waals surface area (Å²) in [5.41, 5.74) is 1.04. The standard InChI is InChI=1S/C14H21BrN2O2S.ClH/c1-11-5-6-14(13(15)8-11)20(18,19)17-7-3-4-12(10-17)9-16-2;/h5-6,8,12,16H,3-4,7,9-10H2,1-2H3;1H. The molecule has 0 saturated carbocycles. The zero-order valence-corrected chi connectivity index (χ0v) is 15.5. The van der Waals surface area contributed by atoms with Gasteiger partial charge in [0.15, 0.2) is 0 Å². The van der Waals surface area contributed by atoms with Gasteiger partial charge in [-0.1, -0.05) is 6.07 Å². The fourth-order valence-electron chi connectivity index (χ4n) is 2.65. The fraction of sp³-hybridized carbons (Fsp3) is 0.571. The molecule has 4 nitrogen and oxygen atoms in total. The van der Waals surface area contributed by atoms with Crippen molar-refractivity contribution in [1.82, 2.24) is 9.62 Å². The Morgan fingerprint density at radius 3 is 2.76 bits per heavy atom. The summed E-state index contributed by atoms with van der Waals surface area (Å²) in [7, 11) is -1.50. The molecule has 1 aromatic carbocycles. The number of halogens is 2. The Morgan fingerprint density at radius 1 is 1.43 bits per heavy atom. The monoisotopic (exact) mass is 396 g/mol. The van der Waals surface area contributed by atoms with Crippen LogP contribution in [0.15, 0.2) is 27.6 Å². The van der Waals surface area contributed by atoms with Crippen molar-refractivity contribution >= 4 is 38.4 Å². The lowest BCUT2D eigenvalue weighted by Crippen LogP contribution is -2.42. The minimum absolute atomic E-state index is 0. The van der Waals surface area contributed by atoms with Crippen LogP contribution in [0, 0.1) is 12.8 Å². The Labute approximate surface area is 141 Å². The highest BCUT2D eigenvalue weighted by Gasteiger charge is 2.31. The Hall–Kier alpha value is -0.140. The van der Waals surface area contributed by atoms with Gasteiger partial charge in [-0.25, -0.2) is 8.42 Å². The lowest BCUT2D eigenvalue weighted by atomic mass is 10.00. The molecule has 0 spiro atoms. The predicted octanol–water partition coefficient (Wildman–Crippen LogP) is 2.80. The van der Waals surface area contributed by atoms with E-state index in [1.54, 1.807) is 10.4 Å². The molecule has 1 unspecified atom stereocenters. The van der Waals surface area contributed by atoms with Gasteiger partial charge in [0.1, 0.15) is 0 Å². The first-order valence-corrected chi connectivity index (χ1v) is 9.09. The smallest absolute Gasteiger partial charge is 0.244 e. The second-order valence-electron chi connectivity index (χ2n) is 5.36. The maximum atomic E-state index is 12.7. The summed E-state index contributed by atoms with van der Waals surface area (Å²) >= 11 is 3.38. The van der Waals surface area contributed by atoms with E-state index >= 15 is 0 Å². The number of hydrogen-bond acceptors (Lipinski definition) is 3. The molecule has 1 aliphatic heterocycles. The van der Waals surface area contributed by atoms with E-state index in [9.17, 15) is 8.42 Å². The number of piperidine rings is 1. The Morgan fingerprint density at radius 2 is 2.14 bits per heavy atom. The van der Waals surface area contributed by atoms with E-state index in [1.807, 2.05) is 26.1 Å². The predicted molar refractivity (Wildman–Crippen MR) is 91.5 cm³/mol. The van der Waals surface area contributed by atoms with Crippen LogP contribution >= 0.6 is 28.3 Å². The molecule has 0 radical (unpaired) electrons. The summed E-state index contributed by atoms with van der Waals surface area (Å²) in [6.07, 6.45) is 2.01. The fourth-order valence-corrected chi connectivity index (χ4v) is 5.36. The van der Waals surface area contributed by atoms with Crippen molar-refractivity contribution in [3.8, 4) is 0 Å². The third-order valence-corrected chi connectivity index (χ3v) is 6.52. The average Bonchev–Trinajstić information content (AvgIpc) is 2.39. The second kappa shape index (κ2) is 7.92. The van der Waals surface area contributed by atoms with E-state index in [0.29, 0.717) is 28.4 Å². The SMILES string of the molecule is CNCC1CCCN(S(=O)(=O)c2ccc(C)cc2Br)C1.Cl. The first-order chi connectivity index (χ1) is 9.45. The molecule has 2 rings (SSSR count). The molecule has 0 aromatic heterocycles. The normalized spacial score (nSPS) is 20.0. The van der Waals surface area contributed by atoms with Crippen molar-refractivity contribution in [3.63, 3.8) is 0 Å². The zero-order chi connectivity index (χ0) is 14.8. The third-order valence-electron chi connectivity index (χ3n) is 3.68. The number of benzene rings is 1. The van der Waals surface area contributed by atoms with Crippen LogP contribution in [0.3, 0.4) is 0 Å². The van der Waals surface area contributed by atoms with Crippen LogP contribution in [0.5, 0.6) is 0 Å². The number of nitrogens with one attached hydrogen (secondary N) is 1. The van der Waals surface area contributed by atoms with Crippen molar-refractivity contribution < 1.29 is 8.42 Å². The van der Waals surface area contributed by atoms with E-state index in [2.05, 4.69) is 21.2 Å². The highest BCUT2D eigenvalue weighted by Crippen LogP contribution is 2.29. The molecule has 0 bridgehead atoms. The number of rotatable bonds is 4. The highest BCUT2D eigenvalue weighted by atomic mass is 79.9. The molecule has 21 heavy (non-hydrogen) atoms. The number of sulfonamides is 1. The summed E-state index contributed by atoms with van der Waals surface area (Å²) in [5.74, 6) is 0.396. The lowest BCUT2D eigenvalue weighted by molar-refractivity contribution is 0.263. The van der Waals surface area contributed by atoms with Crippen molar-refractivity contribution in [3.05, 3.63) is 28.2 Å². The maximum absolute atomic E-state index is 12.7. The van der Waals surface area contributed by atoms with Crippen LogP contribution in [-0.2, 0) is 10.0 Å². The summed E-state index contributed by atoms with van der Waals surface area (Å²) in [6.45, 7) is 4.03. The largest absolute Gasteiger partial charge is 0.319 e. The molecule has 1 aliphatic rings. The van der Waals surface area contributed by atoms with E-state index < -0.39 is 10.0 Å². The van der Waals surface area contributed by atoms with Gasteiger partial charge in [0.2, 0.25) is 10.0 Å². The molecule has 1 atom stereocenters. The van der Waals surface area contributed by atoms with Gasteiger partial charge in [-0.3, -0.25) is 0 Å². The van der Waals surface area contributed by atoms with Crippen LogP contribution in [0.1, 0.15) is 18.4 Å². The van der Waals surface area contributed by atoms with Crippen LogP contribution in [-0.4, -0.2) is 39.4 Å². The summed E-state index contributed by atoms with van der Waals surface area (Å²) in [6, 6.07) is 5.38. The first-order valence-electron chi connectivity index (χ1n) is 6.86. The van der Waals surface area contributed by atoms with Crippen molar-refractivity contribution in [2.75, 3.05) is 26.7 Å². The highest BCUT2D eigenvalue weighted by molar-refractivity contribution is 9.10. The topological polar surface area (TPSA) is 49.4 Å². The molecule has 1 aromatic rings. The molecule has 1 fully saturated rings. The summed E-state index contributed by atoms with van der Waals surface area (Å²) in [4.78, 5) is 0.369. The molecule has 1 saturated heterocycles. The van der Waals surface area contributed by atoms with Crippen molar-refractivity contribution in [2.45, 2.75) is 24.7 Å². The van der Waals surface area contributed by atoms with Crippen molar-refractivity contribution in [2.24, 2.45) is 5.92 Å². The van der Waals surface area contributed by atoms with E-state index in [4.69, 9.17) is 0 Å². The minimum atomic E-state index is -3.40. The Kier molecular flexibility index (Phi) is 7.13. The van der Waals surface area contributed by atoms with Crippen LogP contribution in [0.25, 0.3) is 0 Å². The quantitative estimate of drug-likeness (QED) is 0.850. The zero-order valence-electron chi connectivity index (χ0n) is 12.3. The molecule has 7 heteroatoms. The molecule has 0 amide bonds. The molecular formula is C14H22BrClN2O2S. The molecular weight excluding hydrogens is 376 g/mol. The van der Waals surface area contributed by atoms with Gasteiger partial charge >= 0.3 is 0 Å². The summed E-state index contributed by atoms with van der Waals surface area (Å²) < 4.78 is 27.8. The van der Waals surface area contributed by atoms with Crippen molar-refractivity contribution in [1.29, 1.82) is 0 Å². The van der Waals surface area contributed by atoms with Gasteiger partial charge in [0.25, 0.3) is 0 Å². The number of nitrogens with zero attached hydrogens (tertiary/aromatic N) is 1. The average molecular weight is 398 g/mol. The first kappa shape index (κ1) is 18.9. The van der Waals surface area contributed by atoms with Crippen LogP contribution < -0.4 is 5.32 Å². The summed E-state index contributed by atoms with van der Waals surface area (Å²) in [5, 5.41) is 3.14. The molecule has 1 N–H and O–H groups in total. The van der Waals surface area contributed by atoms with Gasteiger partial charge in [-0.2, -0.15) is 4.31 Å². The van der Waals surface area contributed by atoms with E-state index in [-0.39, 0.29) is 12.4 Å². The Bertz CT molecular complexity index is 578. The minimum Gasteiger partial charge on any atom is -0.319 e. The number of hydrogen-bond donors (Lipinski definition) is 1. The number of aryl methyl sites for hydroxylation is 1. The van der Waals surface area contributed by atoms with E-state index in [0.717, 1.165) is 24.9 Å². The van der Waals surface area contributed by atoms with Gasteiger partial charge in [-0.15, -0.1) is 12.4 Å². The molecule has 0 aliphatic carbocycles.